The summed E-state index contributed by atoms with van der Waals surface area (Å²) in [5.41, 5.74) is 0. The van der Waals surface area contributed by atoms with Gasteiger partial charge in [0.25, 0.3) is 0 Å². The smallest absolute Gasteiger partial charge is 0.0860 e. The number of unbranched alkanes of at least 4 members (excludes halogenated alkanes) is 6. The maximum Gasteiger partial charge on any atom is 0.0860 e. The van der Waals surface area contributed by atoms with Crippen LogP contribution in [0.3, 0.4) is 0 Å². The first kappa shape index (κ1) is 15.0. The third-order valence-corrected chi connectivity index (χ3v) is 3.93. The molecule has 0 aromatic rings. The fourth-order valence-corrected chi connectivity index (χ4v) is 2.68. The predicted octanol–water partition coefficient (Wildman–Crippen LogP) is 3.91. The lowest BCUT2D eigenvalue weighted by molar-refractivity contribution is -0.0210. The highest BCUT2D eigenvalue weighted by atomic mass is 16.5. The molecule has 0 bridgehead atoms. The Morgan fingerprint density at radius 2 is 1.76 bits per heavy atom. The molecular formula is C15H30O2. The van der Waals surface area contributed by atoms with E-state index in [0.717, 1.165) is 25.9 Å². The Balaban J connectivity index is 1.95. The summed E-state index contributed by atoms with van der Waals surface area (Å²) in [4.78, 5) is 0. The van der Waals surface area contributed by atoms with Crippen molar-refractivity contribution in [3.8, 4) is 0 Å². The van der Waals surface area contributed by atoms with E-state index < -0.39 is 0 Å². The summed E-state index contributed by atoms with van der Waals surface area (Å²) in [6, 6.07) is 0. The average molecular weight is 242 g/mol. The molecule has 0 radical (unpaired) electrons. The Kier molecular flexibility index (Phi) is 7.87. The lowest BCUT2D eigenvalue weighted by atomic mass is 9.96. The number of ether oxygens (including phenoxy) is 1. The molecule has 0 aromatic carbocycles. The number of aliphatic hydroxyl groups excluding tert-OH is 1. The summed E-state index contributed by atoms with van der Waals surface area (Å²) < 4.78 is 5.59. The van der Waals surface area contributed by atoms with Crippen molar-refractivity contribution in [3.05, 3.63) is 0 Å². The lowest BCUT2D eigenvalue weighted by Gasteiger charge is -2.21. The Labute approximate surface area is 107 Å². The van der Waals surface area contributed by atoms with Crippen LogP contribution in [0, 0.1) is 5.92 Å². The molecule has 0 amide bonds. The molecule has 0 aromatic heterocycles. The van der Waals surface area contributed by atoms with Gasteiger partial charge in [0, 0.05) is 6.61 Å². The number of hydrogen-bond donors (Lipinski definition) is 1. The Hall–Kier alpha value is -0.0800. The Morgan fingerprint density at radius 1 is 1.12 bits per heavy atom. The SMILES string of the molecule is CCCCCCCCCC(O)C1OCCC1C. The monoisotopic (exact) mass is 242 g/mol. The highest BCUT2D eigenvalue weighted by Crippen LogP contribution is 2.25. The minimum Gasteiger partial charge on any atom is -0.390 e. The van der Waals surface area contributed by atoms with Crippen molar-refractivity contribution in [2.75, 3.05) is 6.61 Å². The molecule has 1 aliphatic rings. The standard InChI is InChI=1S/C15H30O2/c1-3-4-5-6-7-8-9-10-14(16)15-13(2)11-12-17-15/h13-16H,3-12H2,1-2H3. The second-order valence-electron chi connectivity index (χ2n) is 5.58. The molecule has 1 aliphatic heterocycles. The van der Waals surface area contributed by atoms with Gasteiger partial charge in [-0.15, -0.1) is 0 Å². The van der Waals surface area contributed by atoms with Crippen molar-refractivity contribution in [2.45, 2.75) is 83.8 Å². The molecule has 0 aliphatic carbocycles. The van der Waals surface area contributed by atoms with Gasteiger partial charge in [0.05, 0.1) is 12.2 Å². The molecule has 3 unspecified atom stereocenters. The van der Waals surface area contributed by atoms with Gasteiger partial charge in [0.1, 0.15) is 0 Å². The van der Waals surface area contributed by atoms with E-state index in [9.17, 15) is 5.11 Å². The molecule has 1 heterocycles. The largest absolute Gasteiger partial charge is 0.390 e. The molecule has 2 heteroatoms. The van der Waals surface area contributed by atoms with Crippen LogP contribution in [-0.2, 0) is 4.74 Å². The van der Waals surface area contributed by atoms with Gasteiger partial charge in [-0.25, -0.2) is 0 Å². The van der Waals surface area contributed by atoms with Gasteiger partial charge >= 0.3 is 0 Å². The van der Waals surface area contributed by atoms with Gasteiger partial charge in [-0.2, -0.15) is 0 Å². The van der Waals surface area contributed by atoms with Gasteiger partial charge in [-0.05, 0) is 18.8 Å². The quantitative estimate of drug-likeness (QED) is 0.621. The predicted molar refractivity (Wildman–Crippen MR) is 72.1 cm³/mol. The molecule has 1 fully saturated rings. The van der Waals surface area contributed by atoms with E-state index in [2.05, 4.69) is 13.8 Å². The van der Waals surface area contributed by atoms with E-state index in [1.54, 1.807) is 0 Å². The van der Waals surface area contributed by atoms with Crippen LogP contribution in [0.15, 0.2) is 0 Å². The van der Waals surface area contributed by atoms with Gasteiger partial charge in [-0.1, -0.05) is 58.8 Å². The first-order valence-electron chi connectivity index (χ1n) is 7.55. The zero-order valence-corrected chi connectivity index (χ0v) is 11.7. The zero-order valence-electron chi connectivity index (χ0n) is 11.7. The second-order valence-corrected chi connectivity index (χ2v) is 5.58. The van der Waals surface area contributed by atoms with Crippen LogP contribution in [0.4, 0.5) is 0 Å². The molecule has 17 heavy (non-hydrogen) atoms. The van der Waals surface area contributed by atoms with Crippen LogP contribution < -0.4 is 0 Å². The minimum absolute atomic E-state index is 0.107. The van der Waals surface area contributed by atoms with Crippen LogP contribution in [0.5, 0.6) is 0 Å². The summed E-state index contributed by atoms with van der Waals surface area (Å²) in [6.07, 6.45) is 11.1. The third kappa shape index (κ3) is 5.87. The molecule has 1 rings (SSSR count). The van der Waals surface area contributed by atoms with Crippen molar-refractivity contribution in [2.24, 2.45) is 5.92 Å². The maximum atomic E-state index is 10.0. The summed E-state index contributed by atoms with van der Waals surface area (Å²) in [5, 5.41) is 10.0. The van der Waals surface area contributed by atoms with Crippen LogP contribution in [-0.4, -0.2) is 23.9 Å². The highest BCUT2D eigenvalue weighted by Gasteiger charge is 2.30. The van der Waals surface area contributed by atoms with E-state index in [1.807, 2.05) is 0 Å². The van der Waals surface area contributed by atoms with Crippen molar-refractivity contribution in [3.63, 3.8) is 0 Å². The fraction of sp³-hybridized carbons (Fsp3) is 1.00. The molecule has 3 atom stereocenters. The van der Waals surface area contributed by atoms with Crippen molar-refractivity contribution < 1.29 is 9.84 Å². The van der Waals surface area contributed by atoms with Crippen LogP contribution in [0.1, 0.15) is 71.6 Å². The fourth-order valence-electron chi connectivity index (χ4n) is 2.68. The molecule has 0 saturated carbocycles. The summed E-state index contributed by atoms with van der Waals surface area (Å²) in [6.45, 7) is 5.27. The topological polar surface area (TPSA) is 29.5 Å². The van der Waals surface area contributed by atoms with Crippen molar-refractivity contribution >= 4 is 0 Å². The minimum atomic E-state index is -0.233. The van der Waals surface area contributed by atoms with Crippen LogP contribution in [0.2, 0.25) is 0 Å². The number of aliphatic hydroxyl groups is 1. The zero-order chi connectivity index (χ0) is 12.5. The normalized spacial score (nSPS) is 26.3. The summed E-state index contributed by atoms with van der Waals surface area (Å²) in [7, 11) is 0. The van der Waals surface area contributed by atoms with Gasteiger partial charge < -0.3 is 9.84 Å². The van der Waals surface area contributed by atoms with Gasteiger partial charge in [0.15, 0.2) is 0 Å². The molecule has 2 nitrogen and oxygen atoms in total. The third-order valence-electron chi connectivity index (χ3n) is 3.93. The first-order valence-corrected chi connectivity index (χ1v) is 7.55. The molecule has 1 N–H and O–H groups in total. The van der Waals surface area contributed by atoms with E-state index >= 15 is 0 Å². The summed E-state index contributed by atoms with van der Waals surface area (Å²) >= 11 is 0. The molecule has 0 spiro atoms. The first-order chi connectivity index (χ1) is 8.25. The van der Waals surface area contributed by atoms with E-state index in [1.165, 1.54) is 38.5 Å². The average Bonchev–Trinajstić information content (AvgIpc) is 2.74. The Morgan fingerprint density at radius 3 is 2.35 bits per heavy atom. The van der Waals surface area contributed by atoms with Crippen molar-refractivity contribution in [1.82, 2.24) is 0 Å². The number of hydrogen-bond acceptors (Lipinski definition) is 2. The lowest BCUT2D eigenvalue weighted by Crippen LogP contribution is -2.29. The van der Waals surface area contributed by atoms with E-state index in [0.29, 0.717) is 5.92 Å². The Bertz CT molecular complexity index is 182. The highest BCUT2D eigenvalue weighted by molar-refractivity contribution is 4.79. The molecular weight excluding hydrogens is 212 g/mol. The van der Waals surface area contributed by atoms with Gasteiger partial charge in [0.2, 0.25) is 0 Å². The van der Waals surface area contributed by atoms with E-state index in [4.69, 9.17) is 4.74 Å². The van der Waals surface area contributed by atoms with Crippen molar-refractivity contribution in [1.29, 1.82) is 0 Å². The van der Waals surface area contributed by atoms with Crippen LogP contribution >= 0.6 is 0 Å². The van der Waals surface area contributed by atoms with Crippen LogP contribution in [0.25, 0.3) is 0 Å². The maximum absolute atomic E-state index is 10.0. The second kappa shape index (κ2) is 8.93. The molecule has 1 saturated heterocycles. The summed E-state index contributed by atoms with van der Waals surface area (Å²) in [5.74, 6) is 0.537. The van der Waals surface area contributed by atoms with Gasteiger partial charge in [-0.3, -0.25) is 0 Å². The van der Waals surface area contributed by atoms with E-state index in [-0.39, 0.29) is 12.2 Å². The molecule has 102 valence electrons. The number of rotatable bonds is 9.